The van der Waals surface area contributed by atoms with Crippen molar-refractivity contribution in [3.63, 3.8) is 0 Å². The Balaban J connectivity index is 0.000000168. The highest BCUT2D eigenvalue weighted by Crippen LogP contribution is 2.34. The fourth-order valence-electron chi connectivity index (χ4n) is 7.32. The van der Waals surface area contributed by atoms with Crippen LogP contribution >= 0.6 is 0 Å². The average molecular weight is 879 g/mol. The van der Waals surface area contributed by atoms with Crippen molar-refractivity contribution in [2.45, 2.75) is 0 Å². The zero-order valence-corrected chi connectivity index (χ0v) is 36.1. The van der Waals surface area contributed by atoms with Crippen LogP contribution in [0, 0.1) is 0 Å². The molecule has 2 amide bonds. The fourth-order valence-corrected chi connectivity index (χ4v) is 7.32. The molecule has 0 aliphatic rings. The molecule has 2 heterocycles. The second kappa shape index (κ2) is 20.0. The van der Waals surface area contributed by atoms with E-state index in [1.54, 1.807) is 43.5 Å². The molecule has 12 nitrogen and oxygen atoms in total. The largest absolute Gasteiger partial charge is 0.508 e. The summed E-state index contributed by atoms with van der Waals surface area (Å²) in [4.78, 5) is 25.0. The van der Waals surface area contributed by atoms with Gasteiger partial charge in [-0.15, -0.1) is 20.4 Å². The number of anilines is 6. The molecule has 0 spiro atoms. The minimum Gasteiger partial charge on any atom is -0.508 e. The predicted molar refractivity (Wildman–Crippen MR) is 266 cm³/mol. The van der Waals surface area contributed by atoms with Crippen molar-refractivity contribution in [1.29, 1.82) is 0 Å². The molecular formula is C55H42N8O4. The molecule has 0 aliphatic heterocycles. The van der Waals surface area contributed by atoms with E-state index < -0.39 is 0 Å². The Morgan fingerprint density at radius 1 is 0.403 bits per heavy atom. The zero-order valence-electron chi connectivity index (χ0n) is 36.1. The van der Waals surface area contributed by atoms with E-state index in [1.807, 2.05) is 170 Å². The Labute approximate surface area is 386 Å². The van der Waals surface area contributed by atoms with Crippen LogP contribution in [0.4, 0.5) is 34.4 Å². The molecule has 0 atom stereocenters. The molecule has 2 aromatic heterocycles. The van der Waals surface area contributed by atoms with Crippen LogP contribution in [0.15, 0.2) is 206 Å². The third-order valence-electron chi connectivity index (χ3n) is 10.8. The van der Waals surface area contributed by atoms with Crippen molar-refractivity contribution >= 4 is 67.7 Å². The molecule has 10 aromatic rings. The minimum atomic E-state index is -0.170. The number of hydrogen-bond donors (Lipinski definition) is 5. The molecular weight excluding hydrogens is 837 g/mol. The molecule has 10 rings (SSSR count). The normalized spacial score (nSPS) is 10.6. The van der Waals surface area contributed by atoms with E-state index in [1.165, 1.54) is 0 Å². The van der Waals surface area contributed by atoms with E-state index in [9.17, 15) is 14.7 Å². The number of nitrogens with one attached hydrogen (secondary N) is 4. The number of nitrogens with zero attached hydrogens (tertiary/aromatic N) is 4. The highest BCUT2D eigenvalue weighted by Gasteiger charge is 2.14. The Kier molecular flexibility index (Phi) is 12.8. The minimum absolute atomic E-state index is 0.160. The van der Waals surface area contributed by atoms with Crippen LogP contribution in [0.5, 0.6) is 11.5 Å². The average Bonchev–Trinajstić information content (AvgIpc) is 3.38. The van der Waals surface area contributed by atoms with Crippen LogP contribution in [0.25, 0.3) is 44.1 Å². The number of phenols is 1. The molecule has 0 saturated carbocycles. The first-order valence-corrected chi connectivity index (χ1v) is 21.3. The molecule has 0 fully saturated rings. The number of ether oxygens (including phenoxy) is 1. The van der Waals surface area contributed by atoms with Gasteiger partial charge >= 0.3 is 0 Å². The topological polar surface area (TPSA) is 163 Å². The van der Waals surface area contributed by atoms with E-state index >= 15 is 0 Å². The van der Waals surface area contributed by atoms with Gasteiger partial charge in [-0.1, -0.05) is 84.9 Å². The van der Waals surface area contributed by atoms with Crippen molar-refractivity contribution < 1.29 is 19.4 Å². The van der Waals surface area contributed by atoms with Gasteiger partial charge in [0.1, 0.15) is 22.9 Å². The maximum atomic E-state index is 12.5. The summed E-state index contributed by atoms with van der Waals surface area (Å²) in [6.07, 6.45) is 0. The lowest BCUT2D eigenvalue weighted by atomic mass is 10.0. The summed E-state index contributed by atoms with van der Waals surface area (Å²) >= 11 is 0. The third kappa shape index (κ3) is 10.2. The lowest BCUT2D eigenvalue weighted by Gasteiger charge is -2.12. The summed E-state index contributed by atoms with van der Waals surface area (Å²) in [5.41, 5.74) is 7.62. The van der Waals surface area contributed by atoms with Crippen LogP contribution in [0.2, 0.25) is 0 Å². The quantitative estimate of drug-likeness (QED) is 0.0845. The van der Waals surface area contributed by atoms with Crippen LogP contribution < -0.4 is 26.0 Å². The van der Waals surface area contributed by atoms with E-state index in [0.29, 0.717) is 22.8 Å². The third-order valence-corrected chi connectivity index (χ3v) is 10.8. The molecule has 67 heavy (non-hydrogen) atoms. The maximum absolute atomic E-state index is 12.5. The fraction of sp³-hybridized carbons (Fsp3) is 0.0182. The van der Waals surface area contributed by atoms with Gasteiger partial charge in [0.05, 0.1) is 7.11 Å². The van der Waals surface area contributed by atoms with Crippen LogP contribution in [-0.2, 0) is 0 Å². The van der Waals surface area contributed by atoms with Gasteiger partial charge in [-0.25, -0.2) is 0 Å². The summed E-state index contributed by atoms with van der Waals surface area (Å²) < 4.78 is 5.26. The van der Waals surface area contributed by atoms with Crippen LogP contribution in [0.1, 0.15) is 20.7 Å². The standard InChI is InChI=1S/C28H22N4O2.C27H20N4O2/c1-34-23-17-13-19(14-18-23)26-24-9-5-6-10-25(24)27(32-31-26)29-22-15-11-20(12-16-22)28(33)30-21-7-3-2-4-8-21;32-22-16-12-18(13-17-22)25-23-8-4-5-9-24(23)26(31-30-25)28-21-14-10-19(11-15-21)27(33)29-20-6-2-1-3-7-20/h2-18H,1H3,(H,29,32)(H,30,33);1-17,32H,(H,28,31)(H,29,33). The molecule has 0 unspecified atom stereocenters. The number of aromatic nitrogens is 4. The first-order valence-electron chi connectivity index (χ1n) is 21.3. The summed E-state index contributed by atoms with van der Waals surface area (Å²) in [6, 6.07) is 63.8. The van der Waals surface area contributed by atoms with Crippen molar-refractivity contribution in [3.05, 3.63) is 217 Å². The van der Waals surface area contributed by atoms with Crippen LogP contribution in [-0.4, -0.2) is 44.4 Å². The number of carbonyl (C=O) groups is 2. The number of hydrogen-bond acceptors (Lipinski definition) is 10. The zero-order chi connectivity index (χ0) is 46.0. The second-order valence-corrected chi connectivity index (χ2v) is 15.2. The van der Waals surface area contributed by atoms with Gasteiger partial charge in [0.25, 0.3) is 11.8 Å². The van der Waals surface area contributed by atoms with Crippen LogP contribution in [0.3, 0.4) is 0 Å². The highest BCUT2D eigenvalue weighted by atomic mass is 16.5. The number of rotatable bonds is 11. The van der Waals surface area contributed by atoms with Gasteiger partial charge in [-0.05, 0) is 121 Å². The number of aromatic hydroxyl groups is 1. The summed E-state index contributed by atoms with van der Waals surface area (Å²) in [7, 11) is 1.65. The Bertz CT molecular complexity index is 3300. The van der Waals surface area contributed by atoms with E-state index in [-0.39, 0.29) is 17.6 Å². The monoisotopic (exact) mass is 878 g/mol. The van der Waals surface area contributed by atoms with Gasteiger partial charge in [-0.2, -0.15) is 0 Å². The second-order valence-electron chi connectivity index (χ2n) is 15.2. The first-order chi connectivity index (χ1) is 32.9. The summed E-state index contributed by atoms with van der Waals surface area (Å²) in [5, 5.41) is 43.6. The van der Waals surface area contributed by atoms with Gasteiger partial charge in [0.2, 0.25) is 0 Å². The van der Waals surface area contributed by atoms with Gasteiger partial charge in [0, 0.05) is 66.5 Å². The Morgan fingerprint density at radius 3 is 1.18 bits per heavy atom. The molecule has 326 valence electrons. The summed E-state index contributed by atoms with van der Waals surface area (Å²) in [5.74, 6) is 1.93. The molecule has 8 aromatic carbocycles. The van der Waals surface area contributed by atoms with Gasteiger partial charge in [-0.3, -0.25) is 9.59 Å². The van der Waals surface area contributed by atoms with Crippen molar-refractivity contribution in [1.82, 2.24) is 20.4 Å². The lowest BCUT2D eigenvalue weighted by molar-refractivity contribution is 0.101. The number of para-hydroxylation sites is 2. The number of methoxy groups -OCH3 is 1. The molecule has 5 N–H and O–H groups in total. The maximum Gasteiger partial charge on any atom is 0.255 e. The van der Waals surface area contributed by atoms with Crippen molar-refractivity contribution in [2.24, 2.45) is 0 Å². The van der Waals surface area contributed by atoms with Crippen molar-refractivity contribution in [3.8, 4) is 34.0 Å². The molecule has 12 heteroatoms. The van der Waals surface area contributed by atoms with Crippen molar-refractivity contribution in [2.75, 3.05) is 28.4 Å². The Hall–Kier alpha value is -9.42. The van der Waals surface area contributed by atoms with E-state index in [4.69, 9.17) is 4.74 Å². The van der Waals surface area contributed by atoms with E-state index in [2.05, 4.69) is 41.7 Å². The number of benzene rings is 8. The SMILES string of the molecule is COc1ccc(-c2nnc(Nc3ccc(C(=O)Nc4ccccc4)cc3)c3ccccc23)cc1.O=C(Nc1ccccc1)c1ccc(Nc2nnc(-c3ccc(O)cc3)c3ccccc23)cc1. The summed E-state index contributed by atoms with van der Waals surface area (Å²) in [6.45, 7) is 0. The molecule has 0 radical (unpaired) electrons. The molecule has 0 aliphatic carbocycles. The van der Waals surface area contributed by atoms with Gasteiger partial charge in [0.15, 0.2) is 11.6 Å². The van der Waals surface area contributed by atoms with Gasteiger partial charge < -0.3 is 31.1 Å². The number of amides is 2. The smallest absolute Gasteiger partial charge is 0.255 e. The molecule has 0 bridgehead atoms. The first kappa shape index (κ1) is 42.9. The van der Waals surface area contributed by atoms with E-state index in [0.717, 1.165) is 72.6 Å². The number of carbonyl (C=O) groups excluding carboxylic acids is 2. The Morgan fingerprint density at radius 2 is 0.776 bits per heavy atom. The lowest BCUT2D eigenvalue weighted by Crippen LogP contribution is -2.11. The number of phenolic OH excluding ortho intramolecular Hbond substituents is 1. The predicted octanol–water partition coefficient (Wildman–Crippen LogP) is 12.3. The number of fused-ring (bicyclic) bond motifs is 2. The highest BCUT2D eigenvalue weighted by molar-refractivity contribution is 6.06. The molecule has 0 saturated heterocycles.